The molecule has 0 N–H and O–H groups in total. The van der Waals surface area contributed by atoms with E-state index in [0.29, 0.717) is 13.0 Å². The van der Waals surface area contributed by atoms with Crippen molar-refractivity contribution in [1.29, 1.82) is 0 Å². The first-order chi connectivity index (χ1) is 8.16. The number of fused-ring (bicyclic) bond motifs is 1. The van der Waals surface area contributed by atoms with E-state index >= 15 is 0 Å². The Hall–Kier alpha value is -1.14. The summed E-state index contributed by atoms with van der Waals surface area (Å²) < 4.78 is 20.3. The summed E-state index contributed by atoms with van der Waals surface area (Å²) in [6, 6.07) is 0. The molecule has 0 aliphatic carbocycles. The van der Waals surface area contributed by atoms with Crippen LogP contribution in [0, 0.1) is 11.3 Å². The van der Waals surface area contributed by atoms with Crippen LogP contribution in [0.1, 0.15) is 12.8 Å². The summed E-state index contributed by atoms with van der Waals surface area (Å²) in [5.41, 5.74) is -1.27. The molecule has 0 saturated carbocycles. The van der Waals surface area contributed by atoms with Gasteiger partial charge in [-0.05, 0) is 12.8 Å². The van der Waals surface area contributed by atoms with Gasteiger partial charge in [-0.1, -0.05) is 0 Å². The van der Waals surface area contributed by atoms with E-state index in [1.807, 2.05) is 0 Å². The summed E-state index contributed by atoms with van der Waals surface area (Å²) in [7, 11) is 2.54. The second-order valence-corrected chi connectivity index (χ2v) is 4.21. The molecule has 2 aliphatic heterocycles. The molecular formula is C11H16O6. The minimum absolute atomic E-state index is 0.275. The Morgan fingerprint density at radius 2 is 1.71 bits per heavy atom. The lowest BCUT2D eigenvalue weighted by atomic mass is 9.70. The molecule has 2 heterocycles. The summed E-state index contributed by atoms with van der Waals surface area (Å²) in [5.74, 6) is -1.45. The van der Waals surface area contributed by atoms with Gasteiger partial charge in [0, 0.05) is 5.92 Å². The van der Waals surface area contributed by atoms with Gasteiger partial charge in [-0.3, -0.25) is 9.59 Å². The fraction of sp³-hybridized carbons (Fsp3) is 0.818. The van der Waals surface area contributed by atoms with Gasteiger partial charge < -0.3 is 18.9 Å². The Bertz CT molecular complexity index is 310. The van der Waals surface area contributed by atoms with Crippen molar-refractivity contribution in [3.05, 3.63) is 0 Å². The third kappa shape index (κ3) is 1.71. The van der Waals surface area contributed by atoms with Gasteiger partial charge in [0.05, 0.1) is 27.4 Å². The maximum Gasteiger partial charge on any atom is 0.323 e. The largest absolute Gasteiger partial charge is 0.468 e. The van der Waals surface area contributed by atoms with Gasteiger partial charge in [0.2, 0.25) is 0 Å². The number of rotatable bonds is 2. The van der Waals surface area contributed by atoms with Crippen LogP contribution in [0.4, 0.5) is 0 Å². The summed E-state index contributed by atoms with van der Waals surface area (Å²) in [4.78, 5) is 24.0. The first-order valence-corrected chi connectivity index (χ1v) is 5.57. The van der Waals surface area contributed by atoms with Crippen molar-refractivity contribution >= 4 is 11.9 Å². The van der Waals surface area contributed by atoms with Crippen molar-refractivity contribution < 1.29 is 28.5 Å². The molecule has 2 rings (SSSR count). The van der Waals surface area contributed by atoms with E-state index in [4.69, 9.17) is 18.9 Å². The maximum atomic E-state index is 12.0. The number of esters is 2. The van der Waals surface area contributed by atoms with Crippen LogP contribution in [-0.4, -0.2) is 45.7 Å². The molecule has 0 radical (unpaired) electrons. The van der Waals surface area contributed by atoms with E-state index in [1.54, 1.807) is 0 Å². The monoisotopic (exact) mass is 244 g/mol. The molecule has 17 heavy (non-hydrogen) atoms. The SMILES string of the molecule is COC(=O)C1(C(=O)OC)CCO[C@H]2OCC[C@H]21. The number of hydrogen-bond donors (Lipinski definition) is 0. The topological polar surface area (TPSA) is 71.1 Å². The minimum Gasteiger partial charge on any atom is -0.468 e. The van der Waals surface area contributed by atoms with E-state index in [2.05, 4.69) is 0 Å². The third-order valence-electron chi connectivity index (χ3n) is 3.55. The Kier molecular flexibility index (Phi) is 3.35. The highest BCUT2D eigenvalue weighted by Gasteiger charge is 2.60. The highest BCUT2D eigenvalue weighted by molar-refractivity contribution is 6.00. The first kappa shape index (κ1) is 12.3. The first-order valence-electron chi connectivity index (χ1n) is 5.57. The van der Waals surface area contributed by atoms with Gasteiger partial charge in [-0.25, -0.2) is 0 Å². The fourth-order valence-corrected chi connectivity index (χ4v) is 2.68. The van der Waals surface area contributed by atoms with E-state index in [-0.39, 0.29) is 18.9 Å². The molecule has 0 amide bonds. The van der Waals surface area contributed by atoms with Crippen molar-refractivity contribution in [3.63, 3.8) is 0 Å². The molecule has 2 fully saturated rings. The Morgan fingerprint density at radius 1 is 1.12 bits per heavy atom. The van der Waals surface area contributed by atoms with Crippen LogP contribution in [0.3, 0.4) is 0 Å². The highest BCUT2D eigenvalue weighted by atomic mass is 16.7. The average Bonchev–Trinajstić information content (AvgIpc) is 2.84. The highest BCUT2D eigenvalue weighted by Crippen LogP contribution is 2.46. The predicted molar refractivity (Wildman–Crippen MR) is 54.9 cm³/mol. The van der Waals surface area contributed by atoms with Crippen LogP contribution < -0.4 is 0 Å². The normalized spacial score (nSPS) is 30.5. The number of carbonyl (C=O) groups is 2. The zero-order valence-corrected chi connectivity index (χ0v) is 9.93. The van der Waals surface area contributed by atoms with Gasteiger partial charge in [-0.2, -0.15) is 0 Å². The number of ether oxygens (including phenoxy) is 4. The molecule has 6 nitrogen and oxygen atoms in total. The smallest absolute Gasteiger partial charge is 0.323 e. The van der Waals surface area contributed by atoms with Gasteiger partial charge in [0.1, 0.15) is 0 Å². The van der Waals surface area contributed by atoms with Gasteiger partial charge in [0.25, 0.3) is 0 Å². The molecule has 0 unspecified atom stereocenters. The molecule has 0 aromatic carbocycles. The van der Waals surface area contributed by atoms with Crippen LogP contribution in [0.2, 0.25) is 0 Å². The Labute approximate surface area is 99.2 Å². The lowest BCUT2D eigenvalue weighted by molar-refractivity contribution is -0.213. The molecular weight excluding hydrogens is 228 g/mol. The molecule has 0 bridgehead atoms. The number of carbonyl (C=O) groups excluding carboxylic acids is 2. The van der Waals surface area contributed by atoms with Crippen LogP contribution in [-0.2, 0) is 28.5 Å². The van der Waals surface area contributed by atoms with Crippen molar-refractivity contribution in [1.82, 2.24) is 0 Å². The van der Waals surface area contributed by atoms with Gasteiger partial charge in [-0.15, -0.1) is 0 Å². The summed E-state index contributed by atoms with van der Waals surface area (Å²) in [6.07, 6.45) is 0.355. The molecule has 0 spiro atoms. The van der Waals surface area contributed by atoms with E-state index in [0.717, 1.165) is 0 Å². The zero-order chi connectivity index (χ0) is 12.5. The maximum absolute atomic E-state index is 12.0. The van der Waals surface area contributed by atoms with E-state index in [9.17, 15) is 9.59 Å². The standard InChI is InChI=1S/C11H16O6/c1-14-9(12)11(10(13)15-2)4-6-17-8-7(11)3-5-16-8/h7-8H,3-6H2,1-2H3/t7-,8-/m1/s1. The van der Waals surface area contributed by atoms with Crippen LogP contribution >= 0.6 is 0 Å². The van der Waals surface area contributed by atoms with E-state index < -0.39 is 23.6 Å². The molecule has 6 heteroatoms. The van der Waals surface area contributed by atoms with Crippen molar-refractivity contribution in [2.24, 2.45) is 11.3 Å². The lowest BCUT2D eigenvalue weighted by Gasteiger charge is -2.39. The Balaban J connectivity index is 2.37. The average molecular weight is 244 g/mol. The third-order valence-corrected chi connectivity index (χ3v) is 3.55. The summed E-state index contributed by atoms with van der Waals surface area (Å²) in [5, 5.41) is 0. The second-order valence-electron chi connectivity index (χ2n) is 4.21. The van der Waals surface area contributed by atoms with Crippen molar-refractivity contribution in [2.45, 2.75) is 19.1 Å². The predicted octanol–water partition coefficient (Wildman–Crippen LogP) is 0.102. The minimum atomic E-state index is -1.27. The lowest BCUT2D eigenvalue weighted by Crippen LogP contribution is -2.54. The van der Waals surface area contributed by atoms with Gasteiger partial charge >= 0.3 is 11.9 Å². The van der Waals surface area contributed by atoms with Crippen LogP contribution in [0.25, 0.3) is 0 Å². The van der Waals surface area contributed by atoms with Crippen molar-refractivity contribution in [2.75, 3.05) is 27.4 Å². The molecule has 0 aromatic heterocycles. The zero-order valence-electron chi connectivity index (χ0n) is 9.93. The second kappa shape index (κ2) is 4.62. The molecule has 2 saturated heterocycles. The summed E-state index contributed by atoms with van der Waals surface area (Å²) >= 11 is 0. The molecule has 96 valence electrons. The number of methoxy groups -OCH3 is 2. The molecule has 0 aromatic rings. The quantitative estimate of drug-likeness (QED) is 0.507. The number of hydrogen-bond acceptors (Lipinski definition) is 6. The van der Waals surface area contributed by atoms with Crippen LogP contribution in [0.5, 0.6) is 0 Å². The molecule has 2 aliphatic rings. The van der Waals surface area contributed by atoms with Crippen molar-refractivity contribution in [3.8, 4) is 0 Å². The molecule has 2 atom stereocenters. The summed E-state index contributed by atoms with van der Waals surface area (Å²) in [6.45, 7) is 0.760. The fourth-order valence-electron chi connectivity index (χ4n) is 2.68. The Morgan fingerprint density at radius 3 is 2.29 bits per heavy atom. The van der Waals surface area contributed by atoms with E-state index in [1.165, 1.54) is 14.2 Å². The van der Waals surface area contributed by atoms with Crippen LogP contribution in [0.15, 0.2) is 0 Å². The van der Waals surface area contributed by atoms with Gasteiger partial charge in [0.15, 0.2) is 11.7 Å².